The molecule has 0 saturated carbocycles. The SMILES string of the molecule is C=CC(=O)N1CCCC(n2nc(-c3ccc(CNC(=O)c4ccc(F)c(C(F)(F)F)c4)cc3)c3c(N)ncnc32)C1.CC=NC. The van der Waals surface area contributed by atoms with Crippen LogP contribution in [0.4, 0.5) is 23.4 Å². The molecule has 2 amide bonds. The van der Waals surface area contributed by atoms with Gasteiger partial charge in [0.05, 0.1) is 17.0 Å². The van der Waals surface area contributed by atoms with E-state index in [0.717, 1.165) is 18.9 Å². The minimum atomic E-state index is -4.92. The predicted molar refractivity (Wildman–Crippen MR) is 163 cm³/mol. The lowest BCUT2D eigenvalue weighted by Crippen LogP contribution is -2.40. The third-order valence-electron chi connectivity index (χ3n) is 7.22. The Hall–Kier alpha value is -5.14. The predicted octanol–water partition coefficient (Wildman–Crippen LogP) is 5.22. The first-order valence-corrected chi connectivity index (χ1v) is 14.0. The molecule has 45 heavy (non-hydrogen) atoms. The van der Waals surface area contributed by atoms with Crippen molar-refractivity contribution in [3.05, 3.63) is 84.0 Å². The van der Waals surface area contributed by atoms with E-state index in [2.05, 4.69) is 26.9 Å². The molecule has 0 bridgehead atoms. The van der Waals surface area contributed by atoms with E-state index in [1.165, 1.54) is 12.4 Å². The summed E-state index contributed by atoms with van der Waals surface area (Å²) in [5.74, 6) is -2.12. The third-order valence-corrected chi connectivity index (χ3v) is 7.22. The van der Waals surface area contributed by atoms with Gasteiger partial charge < -0.3 is 20.9 Å². The Morgan fingerprint density at radius 3 is 2.53 bits per heavy atom. The number of nitrogen functional groups attached to an aromatic ring is 1. The van der Waals surface area contributed by atoms with Crippen molar-refractivity contribution in [2.45, 2.75) is 38.5 Å². The van der Waals surface area contributed by atoms with Crippen molar-refractivity contribution in [1.82, 2.24) is 30.0 Å². The van der Waals surface area contributed by atoms with Crippen LogP contribution in [0.15, 0.2) is 66.4 Å². The van der Waals surface area contributed by atoms with Crippen molar-refractivity contribution in [2.24, 2.45) is 4.99 Å². The molecule has 2 aromatic heterocycles. The second-order valence-corrected chi connectivity index (χ2v) is 10.1. The number of aromatic nitrogens is 4. The fraction of sp³-hybridized carbons (Fsp3) is 0.290. The molecule has 1 atom stereocenters. The molecule has 4 aromatic rings. The first kappa shape index (κ1) is 32.8. The van der Waals surface area contributed by atoms with E-state index in [0.29, 0.717) is 53.1 Å². The summed E-state index contributed by atoms with van der Waals surface area (Å²) in [6.07, 6.45) is 1.06. The summed E-state index contributed by atoms with van der Waals surface area (Å²) in [6.45, 7) is 6.56. The van der Waals surface area contributed by atoms with Crippen molar-refractivity contribution in [1.29, 1.82) is 0 Å². The van der Waals surface area contributed by atoms with E-state index in [-0.39, 0.29) is 29.9 Å². The molecule has 1 saturated heterocycles. The number of benzene rings is 2. The number of piperidine rings is 1. The van der Waals surface area contributed by atoms with Gasteiger partial charge in [-0.3, -0.25) is 9.59 Å². The summed E-state index contributed by atoms with van der Waals surface area (Å²) in [5, 5.41) is 7.94. The number of halogens is 4. The Bertz CT molecular complexity index is 1710. The number of alkyl halides is 3. The average molecular weight is 625 g/mol. The molecule has 14 heteroatoms. The monoisotopic (exact) mass is 624 g/mol. The first-order valence-electron chi connectivity index (χ1n) is 14.0. The maximum atomic E-state index is 13.6. The van der Waals surface area contributed by atoms with Gasteiger partial charge in [0.15, 0.2) is 5.65 Å². The summed E-state index contributed by atoms with van der Waals surface area (Å²) in [4.78, 5) is 38.5. The van der Waals surface area contributed by atoms with Gasteiger partial charge in [0.1, 0.15) is 23.7 Å². The topological polar surface area (TPSA) is 131 Å². The molecule has 1 aliphatic rings. The lowest BCUT2D eigenvalue weighted by molar-refractivity contribution is -0.140. The van der Waals surface area contributed by atoms with E-state index >= 15 is 0 Å². The van der Waals surface area contributed by atoms with Crippen LogP contribution in [0, 0.1) is 5.82 Å². The van der Waals surface area contributed by atoms with Crippen LogP contribution < -0.4 is 11.1 Å². The van der Waals surface area contributed by atoms with Crippen molar-refractivity contribution >= 4 is 34.9 Å². The molecule has 1 aliphatic heterocycles. The van der Waals surface area contributed by atoms with Crippen LogP contribution in [0.1, 0.15) is 47.3 Å². The Kier molecular flexibility index (Phi) is 10.3. The summed E-state index contributed by atoms with van der Waals surface area (Å²) in [6, 6.07) is 8.98. The fourth-order valence-electron chi connectivity index (χ4n) is 4.88. The molecule has 10 nitrogen and oxygen atoms in total. The molecule has 1 unspecified atom stereocenters. The summed E-state index contributed by atoms with van der Waals surface area (Å²) in [5.41, 5.74) is 6.87. The Balaban J connectivity index is 0.00000109. The Labute approximate surface area is 256 Å². The van der Waals surface area contributed by atoms with E-state index in [4.69, 9.17) is 10.8 Å². The number of anilines is 1. The van der Waals surface area contributed by atoms with Gasteiger partial charge in [-0.2, -0.15) is 18.3 Å². The lowest BCUT2D eigenvalue weighted by Gasteiger charge is -2.32. The minimum absolute atomic E-state index is 0.0213. The smallest absolute Gasteiger partial charge is 0.383 e. The van der Waals surface area contributed by atoms with Crippen LogP contribution in [0.3, 0.4) is 0 Å². The zero-order valence-corrected chi connectivity index (χ0v) is 24.7. The Morgan fingerprint density at radius 2 is 1.89 bits per heavy atom. The molecule has 0 spiro atoms. The molecule has 0 radical (unpaired) electrons. The number of nitrogens with two attached hydrogens (primary N) is 1. The zero-order valence-electron chi connectivity index (χ0n) is 24.7. The van der Waals surface area contributed by atoms with E-state index in [9.17, 15) is 27.2 Å². The maximum absolute atomic E-state index is 13.6. The molecule has 236 valence electrons. The number of likely N-dealkylation sites (tertiary alicyclic amines) is 1. The van der Waals surface area contributed by atoms with Crippen LogP contribution in [0.25, 0.3) is 22.3 Å². The molecular formula is C31H32F4N8O2. The molecular weight excluding hydrogens is 592 g/mol. The highest BCUT2D eigenvalue weighted by atomic mass is 19.4. The van der Waals surface area contributed by atoms with Crippen molar-refractivity contribution in [3.8, 4) is 11.3 Å². The van der Waals surface area contributed by atoms with Crippen LogP contribution in [-0.2, 0) is 17.5 Å². The van der Waals surface area contributed by atoms with E-state index in [1.807, 2.05) is 6.92 Å². The number of hydrogen-bond donors (Lipinski definition) is 2. The van der Waals surface area contributed by atoms with Crippen molar-refractivity contribution < 1.29 is 27.2 Å². The van der Waals surface area contributed by atoms with E-state index in [1.54, 1.807) is 47.1 Å². The van der Waals surface area contributed by atoms with Gasteiger partial charge >= 0.3 is 6.18 Å². The number of aliphatic imine (C=N–C) groups is 1. The highest BCUT2D eigenvalue weighted by Gasteiger charge is 2.34. The second-order valence-electron chi connectivity index (χ2n) is 10.1. The number of fused-ring (bicyclic) bond motifs is 1. The quantitative estimate of drug-likeness (QED) is 0.172. The fourth-order valence-corrected chi connectivity index (χ4v) is 4.88. The van der Waals surface area contributed by atoms with Gasteiger partial charge in [-0.25, -0.2) is 19.0 Å². The van der Waals surface area contributed by atoms with Crippen LogP contribution in [0.5, 0.6) is 0 Å². The Morgan fingerprint density at radius 1 is 1.18 bits per heavy atom. The zero-order chi connectivity index (χ0) is 32.7. The van der Waals surface area contributed by atoms with Gasteiger partial charge in [-0.1, -0.05) is 30.8 Å². The van der Waals surface area contributed by atoms with Gasteiger partial charge in [0.25, 0.3) is 5.91 Å². The van der Waals surface area contributed by atoms with Gasteiger partial charge in [-0.15, -0.1) is 0 Å². The molecule has 5 rings (SSSR count). The van der Waals surface area contributed by atoms with Crippen LogP contribution >= 0.6 is 0 Å². The minimum Gasteiger partial charge on any atom is -0.383 e. The highest BCUT2D eigenvalue weighted by Crippen LogP contribution is 2.34. The van der Waals surface area contributed by atoms with Gasteiger partial charge in [0, 0.05) is 37.8 Å². The van der Waals surface area contributed by atoms with E-state index < -0.39 is 23.5 Å². The van der Waals surface area contributed by atoms with Gasteiger partial charge in [-0.05, 0) is 55.8 Å². The third kappa shape index (κ3) is 7.51. The number of carbonyl (C=O) groups is 2. The van der Waals surface area contributed by atoms with Crippen molar-refractivity contribution in [3.63, 3.8) is 0 Å². The second kappa shape index (κ2) is 14.1. The highest BCUT2D eigenvalue weighted by molar-refractivity contribution is 5.98. The number of nitrogens with one attached hydrogen (secondary N) is 1. The number of amides is 2. The van der Waals surface area contributed by atoms with Gasteiger partial charge in [0.2, 0.25) is 5.91 Å². The van der Waals surface area contributed by atoms with Crippen LogP contribution in [-0.4, -0.2) is 62.8 Å². The standard InChI is InChI=1S/C28H25F4N7O2.C3H7N/c1-2-22(40)38-11-3-4-19(14-38)39-26-23(25(33)35-15-36-26)24(37-39)17-7-5-16(6-8-17)13-34-27(41)18-9-10-21(29)20(12-18)28(30,31)32;1-3-4-2/h2,5-10,12,15,19H,1,3-4,11,13-14H2,(H,34,41)(H2,33,35,36);3H,1-2H3. The summed E-state index contributed by atoms with van der Waals surface area (Å²) < 4.78 is 54.3. The number of nitrogens with zero attached hydrogens (tertiary/aromatic N) is 6. The summed E-state index contributed by atoms with van der Waals surface area (Å²) in [7, 11) is 1.75. The van der Waals surface area contributed by atoms with Crippen LogP contribution in [0.2, 0.25) is 0 Å². The largest absolute Gasteiger partial charge is 0.419 e. The summed E-state index contributed by atoms with van der Waals surface area (Å²) >= 11 is 0. The lowest BCUT2D eigenvalue weighted by atomic mass is 10.1. The average Bonchev–Trinajstić information content (AvgIpc) is 3.44. The molecule has 2 aromatic carbocycles. The number of hydrogen-bond acceptors (Lipinski definition) is 7. The normalized spacial score (nSPS) is 15.1. The molecule has 3 N–H and O–H groups in total. The van der Waals surface area contributed by atoms with Crippen molar-refractivity contribution in [2.75, 3.05) is 25.9 Å². The molecule has 3 heterocycles. The maximum Gasteiger partial charge on any atom is 0.419 e. The number of carbonyl (C=O) groups excluding carboxylic acids is 2. The molecule has 1 fully saturated rings. The molecule has 0 aliphatic carbocycles. The first-order chi connectivity index (χ1) is 21.5. The number of rotatable bonds is 6.